The smallest absolute Gasteiger partial charge is 0.0704 e. The summed E-state index contributed by atoms with van der Waals surface area (Å²) in [6.07, 6.45) is 3.22. The number of nitrogens with zero attached hydrogens (tertiary/aromatic N) is 1. The van der Waals surface area contributed by atoms with Crippen LogP contribution in [0.3, 0.4) is 0 Å². The zero-order chi connectivity index (χ0) is 15.1. The SMILES string of the molecule is CCN(CC)Cc1ccccc1CNCC1CCC(C)O1. The standard InChI is InChI=1S/C18H30N2O/c1-4-20(5-2)14-17-9-7-6-8-16(17)12-19-13-18-11-10-15(3)21-18/h6-9,15,18-19H,4-5,10-14H2,1-3H3. The van der Waals surface area contributed by atoms with E-state index in [4.69, 9.17) is 4.74 Å². The second kappa shape index (κ2) is 8.52. The third-order valence-corrected chi connectivity index (χ3v) is 4.41. The van der Waals surface area contributed by atoms with Gasteiger partial charge in [0.1, 0.15) is 0 Å². The molecule has 1 aliphatic heterocycles. The second-order valence-electron chi connectivity index (χ2n) is 6.01. The molecule has 2 unspecified atom stereocenters. The molecule has 1 saturated heterocycles. The number of benzene rings is 1. The highest BCUT2D eigenvalue weighted by molar-refractivity contribution is 5.27. The average Bonchev–Trinajstić information content (AvgIpc) is 2.91. The van der Waals surface area contributed by atoms with Crippen molar-refractivity contribution in [3.63, 3.8) is 0 Å². The van der Waals surface area contributed by atoms with E-state index in [2.05, 4.69) is 55.3 Å². The minimum Gasteiger partial charge on any atom is -0.374 e. The van der Waals surface area contributed by atoms with Crippen molar-refractivity contribution >= 4 is 0 Å². The topological polar surface area (TPSA) is 24.5 Å². The third-order valence-electron chi connectivity index (χ3n) is 4.41. The second-order valence-corrected chi connectivity index (χ2v) is 6.01. The molecular weight excluding hydrogens is 260 g/mol. The molecule has 0 aromatic heterocycles. The Balaban J connectivity index is 1.84. The van der Waals surface area contributed by atoms with Crippen LogP contribution in [0.5, 0.6) is 0 Å². The van der Waals surface area contributed by atoms with Crippen molar-refractivity contribution in [1.82, 2.24) is 10.2 Å². The number of hydrogen-bond donors (Lipinski definition) is 1. The molecule has 1 aromatic rings. The van der Waals surface area contributed by atoms with Crippen LogP contribution >= 0.6 is 0 Å². The summed E-state index contributed by atoms with van der Waals surface area (Å²) >= 11 is 0. The zero-order valence-corrected chi connectivity index (χ0v) is 13.8. The Labute approximate surface area is 129 Å². The van der Waals surface area contributed by atoms with Gasteiger partial charge < -0.3 is 10.1 Å². The molecule has 2 rings (SSSR count). The maximum Gasteiger partial charge on any atom is 0.0704 e. The molecule has 0 radical (unpaired) electrons. The van der Waals surface area contributed by atoms with Gasteiger partial charge in [-0.15, -0.1) is 0 Å². The van der Waals surface area contributed by atoms with Gasteiger partial charge in [-0.2, -0.15) is 0 Å². The van der Waals surface area contributed by atoms with Crippen molar-refractivity contribution in [2.45, 2.75) is 58.9 Å². The van der Waals surface area contributed by atoms with Crippen LogP contribution in [0.25, 0.3) is 0 Å². The normalized spacial score (nSPS) is 22.1. The lowest BCUT2D eigenvalue weighted by atomic mass is 10.1. The van der Waals surface area contributed by atoms with Gasteiger partial charge in [0.2, 0.25) is 0 Å². The van der Waals surface area contributed by atoms with E-state index in [0.717, 1.165) is 32.7 Å². The molecule has 3 heteroatoms. The summed E-state index contributed by atoms with van der Waals surface area (Å²) in [6, 6.07) is 8.77. The molecular formula is C18H30N2O. The van der Waals surface area contributed by atoms with Crippen molar-refractivity contribution in [2.24, 2.45) is 0 Å². The Hall–Kier alpha value is -0.900. The van der Waals surface area contributed by atoms with Crippen LogP contribution in [-0.4, -0.2) is 36.7 Å². The van der Waals surface area contributed by atoms with Crippen LogP contribution in [0.2, 0.25) is 0 Å². The van der Waals surface area contributed by atoms with Crippen molar-refractivity contribution in [2.75, 3.05) is 19.6 Å². The van der Waals surface area contributed by atoms with Crippen LogP contribution in [0.1, 0.15) is 44.7 Å². The quantitative estimate of drug-likeness (QED) is 0.796. The van der Waals surface area contributed by atoms with Crippen molar-refractivity contribution in [3.8, 4) is 0 Å². The van der Waals surface area contributed by atoms with E-state index >= 15 is 0 Å². The fourth-order valence-corrected chi connectivity index (χ4v) is 2.98. The largest absolute Gasteiger partial charge is 0.374 e. The predicted octanol–water partition coefficient (Wildman–Crippen LogP) is 3.19. The van der Waals surface area contributed by atoms with Gasteiger partial charge in [-0.25, -0.2) is 0 Å². The first-order valence-electron chi connectivity index (χ1n) is 8.38. The summed E-state index contributed by atoms with van der Waals surface area (Å²) in [7, 11) is 0. The number of hydrogen-bond acceptors (Lipinski definition) is 3. The predicted molar refractivity (Wildman–Crippen MR) is 88.3 cm³/mol. The molecule has 2 atom stereocenters. The first-order chi connectivity index (χ1) is 10.2. The van der Waals surface area contributed by atoms with Gasteiger partial charge in [-0.05, 0) is 44.0 Å². The Morgan fingerprint density at radius 2 is 1.86 bits per heavy atom. The van der Waals surface area contributed by atoms with Gasteiger partial charge in [0.25, 0.3) is 0 Å². The zero-order valence-electron chi connectivity index (χ0n) is 13.8. The molecule has 1 fully saturated rings. The first-order valence-corrected chi connectivity index (χ1v) is 8.38. The molecule has 118 valence electrons. The van der Waals surface area contributed by atoms with Gasteiger partial charge >= 0.3 is 0 Å². The highest BCUT2D eigenvalue weighted by Gasteiger charge is 2.21. The molecule has 0 bridgehead atoms. The lowest BCUT2D eigenvalue weighted by Gasteiger charge is -2.20. The van der Waals surface area contributed by atoms with Gasteiger partial charge in [0.05, 0.1) is 12.2 Å². The van der Waals surface area contributed by atoms with Gasteiger partial charge in [-0.1, -0.05) is 38.1 Å². The van der Waals surface area contributed by atoms with Gasteiger partial charge in [-0.3, -0.25) is 4.90 Å². The molecule has 3 nitrogen and oxygen atoms in total. The Bertz CT molecular complexity index is 417. The molecule has 0 aliphatic carbocycles. The van der Waals surface area contributed by atoms with Gasteiger partial charge in [0.15, 0.2) is 0 Å². The molecule has 0 spiro atoms. The van der Waals surface area contributed by atoms with Crippen LogP contribution in [0.4, 0.5) is 0 Å². The van der Waals surface area contributed by atoms with Gasteiger partial charge in [0, 0.05) is 19.6 Å². The minimum absolute atomic E-state index is 0.398. The third kappa shape index (κ3) is 5.10. The monoisotopic (exact) mass is 290 g/mol. The van der Waals surface area contributed by atoms with E-state index in [1.807, 2.05) is 0 Å². The summed E-state index contributed by atoms with van der Waals surface area (Å²) in [5.41, 5.74) is 2.85. The summed E-state index contributed by atoms with van der Waals surface area (Å²) in [4.78, 5) is 2.46. The van der Waals surface area contributed by atoms with E-state index in [-0.39, 0.29) is 0 Å². The molecule has 1 aromatic carbocycles. The number of ether oxygens (including phenoxy) is 1. The first kappa shape index (κ1) is 16.5. The number of rotatable bonds is 8. The van der Waals surface area contributed by atoms with Crippen LogP contribution in [0.15, 0.2) is 24.3 Å². The van der Waals surface area contributed by atoms with Crippen molar-refractivity contribution in [1.29, 1.82) is 0 Å². The van der Waals surface area contributed by atoms with Crippen LogP contribution in [0, 0.1) is 0 Å². The maximum atomic E-state index is 5.86. The van der Waals surface area contributed by atoms with Crippen molar-refractivity contribution < 1.29 is 4.74 Å². The average molecular weight is 290 g/mol. The van der Waals surface area contributed by atoms with E-state index in [9.17, 15) is 0 Å². The molecule has 21 heavy (non-hydrogen) atoms. The van der Waals surface area contributed by atoms with Crippen LogP contribution in [-0.2, 0) is 17.8 Å². The minimum atomic E-state index is 0.398. The van der Waals surface area contributed by atoms with E-state index < -0.39 is 0 Å². The molecule has 1 N–H and O–H groups in total. The lowest BCUT2D eigenvalue weighted by molar-refractivity contribution is 0.0559. The van der Waals surface area contributed by atoms with Crippen molar-refractivity contribution in [3.05, 3.63) is 35.4 Å². The molecule has 0 amide bonds. The Morgan fingerprint density at radius 3 is 2.48 bits per heavy atom. The maximum absolute atomic E-state index is 5.86. The summed E-state index contributed by atoms with van der Waals surface area (Å²) < 4.78 is 5.86. The van der Waals surface area contributed by atoms with E-state index in [0.29, 0.717) is 12.2 Å². The summed E-state index contributed by atoms with van der Waals surface area (Å²) in [5.74, 6) is 0. The molecule has 1 heterocycles. The summed E-state index contributed by atoms with van der Waals surface area (Å²) in [5, 5.41) is 3.57. The fourth-order valence-electron chi connectivity index (χ4n) is 2.98. The van der Waals surface area contributed by atoms with E-state index in [1.54, 1.807) is 0 Å². The van der Waals surface area contributed by atoms with Crippen LogP contribution < -0.4 is 5.32 Å². The van der Waals surface area contributed by atoms with E-state index in [1.165, 1.54) is 24.0 Å². The molecule has 0 saturated carbocycles. The highest BCUT2D eigenvalue weighted by atomic mass is 16.5. The highest BCUT2D eigenvalue weighted by Crippen LogP contribution is 2.18. The lowest BCUT2D eigenvalue weighted by Crippen LogP contribution is -2.28. The molecule has 1 aliphatic rings. The fraction of sp³-hybridized carbons (Fsp3) is 0.667. The number of nitrogens with one attached hydrogen (secondary N) is 1. The summed E-state index contributed by atoms with van der Waals surface area (Å²) in [6.45, 7) is 11.8. The Morgan fingerprint density at radius 1 is 1.14 bits per heavy atom. The Kier molecular flexibility index (Phi) is 6.68.